The number of halogens is 1. The Kier molecular flexibility index (Phi) is 7.64. The van der Waals surface area contributed by atoms with Crippen LogP contribution in [0.3, 0.4) is 0 Å². The van der Waals surface area contributed by atoms with Crippen LogP contribution in [0.15, 0.2) is 54.6 Å². The van der Waals surface area contributed by atoms with Gasteiger partial charge in [-0.05, 0) is 55.6 Å². The fourth-order valence-corrected chi connectivity index (χ4v) is 2.37. The zero-order chi connectivity index (χ0) is 15.5. The Morgan fingerprint density at radius 2 is 1.27 bits per heavy atom. The molecule has 0 spiro atoms. The van der Waals surface area contributed by atoms with E-state index >= 15 is 0 Å². The van der Waals surface area contributed by atoms with Crippen molar-refractivity contribution in [1.82, 2.24) is 10.6 Å². The molecular formula is C19H25FN2. The van der Waals surface area contributed by atoms with Gasteiger partial charge in [-0.15, -0.1) is 0 Å². The molecule has 0 saturated carbocycles. The van der Waals surface area contributed by atoms with Crippen molar-refractivity contribution >= 4 is 0 Å². The van der Waals surface area contributed by atoms with Gasteiger partial charge in [0.25, 0.3) is 0 Å². The minimum atomic E-state index is -0.170. The monoisotopic (exact) mass is 300 g/mol. The molecule has 0 aliphatic heterocycles. The van der Waals surface area contributed by atoms with Gasteiger partial charge in [0.05, 0.1) is 0 Å². The second-order valence-electron chi connectivity index (χ2n) is 5.47. The summed E-state index contributed by atoms with van der Waals surface area (Å²) < 4.78 is 12.8. The van der Waals surface area contributed by atoms with E-state index in [2.05, 4.69) is 41.0 Å². The number of hydrogen-bond acceptors (Lipinski definition) is 2. The summed E-state index contributed by atoms with van der Waals surface area (Å²) in [5.74, 6) is -0.170. The van der Waals surface area contributed by atoms with Gasteiger partial charge in [0.15, 0.2) is 0 Å². The van der Waals surface area contributed by atoms with Crippen molar-refractivity contribution in [2.45, 2.75) is 19.3 Å². The van der Waals surface area contributed by atoms with E-state index in [9.17, 15) is 4.39 Å². The maximum atomic E-state index is 12.8. The first-order valence-electron chi connectivity index (χ1n) is 8.04. The van der Waals surface area contributed by atoms with Crippen LogP contribution in [0.5, 0.6) is 0 Å². The zero-order valence-electron chi connectivity index (χ0n) is 13.0. The Morgan fingerprint density at radius 1 is 0.636 bits per heavy atom. The molecule has 2 nitrogen and oxygen atoms in total. The Balaban J connectivity index is 1.42. The van der Waals surface area contributed by atoms with E-state index in [0.717, 1.165) is 39.0 Å². The minimum absolute atomic E-state index is 0.170. The van der Waals surface area contributed by atoms with E-state index < -0.39 is 0 Å². The lowest BCUT2D eigenvalue weighted by molar-refractivity contribution is 0.596. The molecule has 0 aliphatic carbocycles. The molecule has 0 radical (unpaired) electrons. The normalized spacial score (nSPS) is 10.8. The predicted molar refractivity (Wildman–Crippen MR) is 90.6 cm³/mol. The van der Waals surface area contributed by atoms with E-state index in [1.54, 1.807) is 0 Å². The van der Waals surface area contributed by atoms with Crippen LogP contribution in [-0.4, -0.2) is 26.2 Å². The maximum Gasteiger partial charge on any atom is 0.123 e. The van der Waals surface area contributed by atoms with E-state index in [0.29, 0.717) is 0 Å². The quantitative estimate of drug-likeness (QED) is 0.659. The second-order valence-corrected chi connectivity index (χ2v) is 5.47. The predicted octanol–water partition coefficient (Wildman–Crippen LogP) is 3.18. The summed E-state index contributed by atoms with van der Waals surface area (Å²) >= 11 is 0. The molecule has 0 saturated heterocycles. The topological polar surface area (TPSA) is 24.1 Å². The SMILES string of the molecule is Fc1ccc(CCNCCNCCCc2ccccc2)cc1. The molecule has 22 heavy (non-hydrogen) atoms. The molecule has 3 heteroatoms. The van der Waals surface area contributed by atoms with Gasteiger partial charge in [0.2, 0.25) is 0 Å². The molecule has 2 aromatic carbocycles. The second kappa shape index (κ2) is 10.1. The summed E-state index contributed by atoms with van der Waals surface area (Å²) in [6.45, 7) is 3.93. The Bertz CT molecular complexity index is 511. The average molecular weight is 300 g/mol. The largest absolute Gasteiger partial charge is 0.315 e. The van der Waals surface area contributed by atoms with Crippen molar-refractivity contribution in [1.29, 1.82) is 0 Å². The molecule has 118 valence electrons. The summed E-state index contributed by atoms with van der Waals surface area (Å²) in [6.07, 6.45) is 3.24. The molecule has 0 aliphatic rings. The van der Waals surface area contributed by atoms with Crippen LogP contribution in [0, 0.1) is 5.82 Å². The van der Waals surface area contributed by atoms with Crippen molar-refractivity contribution in [3.8, 4) is 0 Å². The minimum Gasteiger partial charge on any atom is -0.315 e. The Morgan fingerprint density at radius 3 is 2.00 bits per heavy atom. The van der Waals surface area contributed by atoms with Crippen LogP contribution in [-0.2, 0) is 12.8 Å². The van der Waals surface area contributed by atoms with Gasteiger partial charge in [0, 0.05) is 13.1 Å². The molecular weight excluding hydrogens is 275 g/mol. The fraction of sp³-hybridized carbons (Fsp3) is 0.368. The third-order valence-corrected chi connectivity index (χ3v) is 3.64. The fourth-order valence-electron chi connectivity index (χ4n) is 2.37. The number of hydrogen-bond donors (Lipinski definition) is 2. The molecule has 2 N–H and O–H groups in total. The van der Waals surface area contributed by atoms with Crippen molar-refractivity contribution in [3.05, 3.63) is 71.5 Å². The van der Waals surface area contributed by atoms with Gasteiger partial charge in [0.1, 0.15) is 5.82 Å². The van der Waals surface area contributed by atoms with Crippen LogP contribution in [0.2, 0.25) is 0 Å². The maximum absolute atomic E-state index is 12.8. The van der Waals surface area contributed by atoms with Crippen LogP contribution >= 0.6 is 0 Å². The highest BCUT2D eigenvalue weighted by Crippen LogP contribution is 2.02. The average Bonchev–Trinajstić information content (AvgIpc) is 2.56. The molecule has 0 fully saturated rings. The lowest BCUT2D eigenvalue weighted by Gasteiger charge is -2.07. The number of benzene rings is 2. The van der Waals surface area contributed by atoms with E-state index in [4.69, 9.17) is 0 Å². The number of aryl methyl sites for hydroxylation is 1. The Hall–Kier alpha value is -1.71. The molecule has 0 aromatic heterocycles. The van der Waals surface area contributed by atoms with Gasteiger partial charge in [-0.1, -0.05) is 42.5 Å². The van der Waals surface area contributed by atoms with Crippen LogP contribution < -0.4 is 10.6 Å². The molecule has 0 heterocycles. The lowest BCUT2D eigenvalue weighted by Crippen LogP contribution is -2.29. The van der Waals surface area contributed by atoms with Gasteiger partial charge >= 0.3 is 0 Å². The molecule has 2 aromatic rings. The Labute approximate surface area is 132 Å². The van der Waals surface area contributed by atoms with Crippen molar-refractivity contribution in [2.24, 2.45) is 0 Å². The van der Waals surface area contributed by atoms with E-state index in [-0.39, 0.29) is 5.82 Å². The summed E-state index contributed by atoms with van der Waals surface area (Å²) in [5.41, 5.74) is 2.58. The van der Waals surface area contributed by atoms with Gasteiger partial charge in [-0.3, -0.25) is 0 Å². The molecule has 0 bridgehead atoms. The first-order valence-corrected chi connectivity index (χ1v) is 8.04. The van der Waals surface area contributed by atoms with Gasteiger partial charge in [-0.2, -0.15) is 0 Å². The first kappa shape index (κ1) is 16.7. The third kappa shape index (κ3) is 6.83. The van der Waals surface area contributed by atoms with Crippen molar-refractivity contribution in [3.63, 3.8) is 0 Å². The van der Waals surface area contributed by atoms with E-state index in [1.165, 1.54) is 29.7 Å². The van der Waals surface area contributed by atoms with Crippen LogP contribution in [0.1, 0.15) is 17.5 Å². The lowest BCUT2D eigenvalue weighted by atomic mass is 10.1. The highest BCUT2D eigenvalue weighted by molar-refractivity contribution is 5.16. The van der Waals surface area contributed by atoms with E-state index in [1.807, 2.05) is 12.1 Å². The van der Waals surface area contributed by atoms with Crippen molar-refractivity contribution < 1.29 is 4.39 Å². The molecule has 0 atom stereocenters. The summed E-state index contributed by atoms with van der Waals surface area (Å²) in [4.78, 5) is 0. The number of rotatable bonds is 10. The van der Waals surface area contributed by atoms with Crippen molar-refractivity contribution in [2.75, 3.05) is 26.2 Å². The standard InChI is InChI=1S/C19H25FN2/c20-19-10-8-18(9-11-19)12-14-22-16-15-21-13-4-7-17-5-2-1-3-6-17/h1-3,5-6,8-11,21-22H,4,7,12-16H2. The third-order valence-electron chi connectivity index (χ3n) is 3.64. The highest BCUT2D eigenvalue weighted by atomic mass is 19.1. The van der Waals surface area contributed by atoms with Gasteiger partial charge in [-0.25, -0.2) is 4.39 Å². The molecule has 0 amide bonds. The first-order chi connectivity index (χ1) is 10.8. The highest BCUT2D eigenvalue weighted by Gasteiger charge is 1.95. The summed E-state index contributed by atoms with van der Waals surface area (Å²) in [6, 6.07) is 17.3. The van der Waals surface area contributed by atoms with Crippen LogP contribution in [0.4, 0.5) is 4.39 Å². The number of nitrogens with one attached hydrogen (secondary N) is 2. The molecule has 2 rings (SSSR count). The van der Waals surface area contributed by atoms with Crippen LogP contribution in [0.25, 0.3) is 0 Å². The van der Waals surface area contributed by atoms with Gasteiger partial charge < -0.3 is 10.6 Å². The smallest absolute Gasteiger partial charge is 0.123 e. The zero-order valence-corrected chi connectivity index (χ0v) is 13.0. The summed E-state index contributed by atoms with van der Waals surface area (Å²) in [5, 5.41) is 6.85. The molecule has 0 unspecified atom stereocenters. The summed E-state index contributed by atoms with van der Waals surface area (Å²) in [7, 11) is 0.